The average molecular weight is 381 g/mol. The van der Waals surface area contributed by atoms with Crippen LogP contribution in [0.15, 0.2) is 72.3 Å². The predicted molar refractivity (Wildman–Crippen MR) is 117 cm³/mol. The predicted octanol–water partition coefficient (Wildman–Crippen LogP) is 4.73. The molecule has 2 aromatic carbocycles. The van der Waals surface area contributed by atoms with Crippen LogP contribution in [0.25, 0.3) is 0 Å². The Morgan fingerprint density at radius 1 is 1.00 bits per heavy atom. The Labute approximate surface area is 165 Å². The number of rotatable bonds is 8. The van der Waals surface area contributed by atoms with Crippen LogP contribution in [-0.2, 0) is 9.22 Å². The Bertz CT molecular complexity index is 705. The number of benzene rings is 2. The molecular formula is C24H32O2Si. The van der Waals surface area contributed by atoms with Crippen molar-refractivity contribution in [2.24, 2.45) is 5.92 Å². The van der Waals surface area contributed by atoms with Crippen molar-refractivity contribution in [3.05, 3.63) is 72.3 Å². The Balaban J connectivity index is 2.44. The second-order valence-electron chi connectivity index (χ2n) is 8.34. The van der Waals surface area contributed by atoms with E-state index in [-0.39, 0.29) is 11.0 Å². The van der Waals surface area contributed by atoms with Crippen LogP contribution in [0.2, 0.25) is 5.04 Å². The summed E-state index contributed by atoms with van der Waals surface area (Å²) in [5.41, 5.74) is 1.20. The van der Waals surface area contributed by atoms with E-state index in [1.165, 1.54) is 15.9 Å². The van der Waals surface area contributed by atoms with Gasteiger partial charge in [-0.25, -0.2) is 0 Å². The average Bonchev–Trinajstić information content (AvgIpc) is 2.65. The summed E-state index contributed by atoms with van der Waals surface area (Å²) in [5.74, 6) is 0.0501. The van der Waals surface area contributed by atoms with Crippen molar-refractivity contribution < 1.29 is 9.22 Å². The maximum atomic E-state index is 10.9. The van der Waals surface area contributed by atoms with Gasteiger partial charge in [0.1, 0.15) is 6.29 Å². The molecule has 0 radical (unpaired) electrons. The Kier molecular flexibility index (Phi) is 7.34. The van der Waals surface area contributed by atoms with E-state index >= 15 is 0 Å². The third-order valence-corrected chi connectivity index (χ3v) is 10.0. The minimum atomic E-state index is -2.48. The van der Waals surface area contributed by atoms with Crippen LogP contribution in [0.3, 0.4) is 0 Å². The van der Waals surface area contributed by atoms with Gasteiger partial charge in [-0.15, -0.1) is 0 Å². The van der Waals surface area contributed by atoms with E-state index in [1.807, 2.05) is 6.92 Å². The van der Waals surface area contributed by atoms with E-state index in [9.17, 15) is 4.79 Å². The molecule has 0 fully saturated rings. The normalized spacial score (nSPS) is 14.0. The van der Waals surface area contributed by atoms with Gasteiger partial charge >= 0.3 is 0 Å². The molecule has 3 heteroatoms. The lowest BCUT2D eigenvalue weighted by Crippen LogP contribution is -2.66. The summed E-state index contributed by atoms with van der Waals surface area (Å²) in [5, 5.41) is 2.56. The van der Waals surface area contributed by atoms with Gasteiger partial charge in [-0.3, -0.25) is 0 Å². The maximum Gasteiger partial charge on any atom is 0.261 e. The molecule has 2 nitrogen and oxygen atoms in total. The van der Waals surface area contributed by atoms with Gasteiger partial charge in [-0.1, -0.05) is 100 Å². The van der Waals surface area contributed by atoms with Gasteiger partial charge in [0.2, 0.25) is 0 Å². The standard InChI is InChI=1S/C24H32O2Si/c1-20(18-21(2)19-25)16-17-26-27(24(3,4)5,22-12-8-6-9-13-22)23-14-10-7-11-15-23/h6-16,19,21H,17-18H2,1-5H3/b20-16+/t21-/m1/s1. The van der Waals surface area contributed by atoms with Crippen molar-refractivity contribution in [2.75, 3.05) is 6.61 Å². The van der Waals surface area contributed by atoms with E-state index in [2.05, 4.69) is 94.4 Å². The van der Waals surface area contributed by atoms with Crippen LogP contribution < -0.4 is 10.4 Å². The van der Waals surface area contributed by atoms with Crippen LogP contribution >= 0.6 is 0 Å². The molecule has 0 bridgehead atoms. The molecule has 0 aliphatic carbocycles. The van der Waals surface area contributed by atoms with E-state index in [1.54, 1.807) is 0 Å². The molecule has 0 N–H and O–H groups in total. The molecule has 0 aliphatic heterocycles. The summed E-state index contributed by atoms with van der Waals surface area (Å²) in [4.78, 5) is 10.9. The van der Waals surface area contributed by atoms with Crippen molar-refractivity contribution in [1.29, 1.82) is 0 Å². The van der Waals surface area contributed by atoms with Gasteiger partial charge in [0.05, 0.1) is 6.61 Å². The first-order valence-electron chi connectivity index (χ1n) is 9.67. The smallest absolute Gasteiger partial charge is 0.261 e. The lowest BCUT2D eigenvalue weighted by atomic mass is 10.0. The molecule has 0 aliphatic rings. The van der Waals surface area contributed by atoms with Gasteiger partial charge in [-0.2, -0.15) is 0 Å². The third kappa shape index (κ3) is 5.05. The first-order chi connectivity index (χ1) is 12.8. The fraction of sp³-hybridized carbons (Fsp3) is 0.375. The molecule has 2 rings (SSSR count). The zero-order valence-corrected chi connectivity index (χ0v) is 18.2. The highest BCUT2D eigenvalue weighted by atomic mass is 28.4. The number of aldehydes is 1. The second-order valence-corrected chi connectivity index (χ2v) is 12.6. The molecule has 2 aromatic rings. The molecule has 0 aromatic heterocycles. The maximum absolute atomic E-state index is 10.9. The molecule has 27 heavy (non-hydrogen) atoms. The first-order valence-corrected chi connectivity index (χ1v) is 11.6. The second kappa shape index (κ2) is 9.29. The summed E-state index contributed by atoms with van der Waals surface area (Å²) in [6.07, 6.45) is 3.94. The van der Waals surface area contributed by atoms with Crippen LogP contribution in [0, 0.1) is 5.92 Å². The summed E-state index contributed by atoms with van der Waals surface area (Å²) < 4.78 is 6.83. The van der Waals surface area contributed by atoms with E-state index < -0.39 is 8.32 Å². The number of carbonyl (C=O) groups is 1. The number of hydrogen-bond acceptors (Lipinski definition) is 2. The SMILES string of the molecule is C/C(=C\CO[Si](c1ccccc1)(c1ccccc1)C(C)(C)C)C[C@@H](C)C=O. The Morgan fingerprint density at radius 3 is 1.89 bits per heavy atom. The van der Waals surface area contributed by atoms with Gasteiger partial charge in [-0.05, 0) is 28.8 Å². The van der Waals surface area contributed by atoms with Crippen LogP contribution in [0.1, 0.15) is 41.0 Å². The molecule has 0 unspecified atom stereocenters. The lowest BCUT2D eigenvalue weighted by molar-refractivity contribution is -0.110. The van der Waals surface area contributed by atoms with Crippen molar-refractivity contribution >= 4 is 25.0 Å². The molecule has 144 valence electrons. The molecule has 0 heterocycles. The van der Waals surface area contributed by atoms with Crippen LogP contribution in [-0.4, -0.2) is 21.2 Å². The molecule has 0 saturated carbocycles. The summed E-state index contributed by atoms with van der Waals surface area (Å²) in [7, 11) is -2.48. The van der Waals surface area contributed by atoms with E-state index in [0.29, 0.717) is 6.61 Å². The van der Waals surface area contributed by atoms with Gasteiger partial charge in [0, 0.05) is 5.92 Å². The fourth-order valence-corrected chi connectivity index (χ4v) is 8.20. The molecule has 0 amide bonds. The highest BCUT2D eigenvalue weighted by molar-refractivity contribution is 6.99. The monoisotopic (exact) mass is 380 g/mol. The van der Waals surface area contributed by atoms with Crippen LogP contribution in [0.5, 0.6) is 0 Å². The van der Waals surface area contributed by atoms with Crippen molar-refractivity contribution in [1.82, 2.24) is 0 Å². The minimum Gasteiger partial charge on any atom is -0.404 e. The highest BCUT2D eigenvalue weighted by Crippen LogP contribution is 2.36. The van der Waals surface area contributed by atoms with Crippen LogP contribution in [0.4, 0.5) is 0 Å². The van der Waals surface area contributed by atoms with Crippen molar-refractivity contribution in [2.45, 2.75) is 46.1 Å². The third-order valence-electron chi connectivity index (χ3n) is 5.02. The summed E-state index contributed by atoms with van der Waals surface area (Å²) >= 11 is 0. The molecule has 0 saturated heterocycles. The first kappa shape index (κ1) is 21.3. The van der Waals surface area contributed by atoms with Gasteiger partial charge in [0.15, 0.2) is 0 Å². The summed E-state index contributed by atoms with van der Waals surface area (Å²) in [6.45, 7) is 11.4. The van der Waals surface area contributed by atoms with Crippen molar-refractivity contribution in [3.8, 4) is 0 Å². The molecule has 1 atom stereocenters. The Morgan fingerprint density at radius 2 is 1.48 bits per heavy atom. The van der Waals surface area contributed by atoms with E-state index in [4.69, 9.17) is 4.43 Å². The number of carbonyl (C=O) groups excluding carboxylic acids is 1. The number of allylic oxidation sites excluding steroid dienone is 1. The van der Waals surface area contributed by atoms with E-state index in [0.717, 1.165) is 12.7 Å². The molecular weight excluding hydrogens is 348 g/mol. The number of hydrogen-bond donors (Lipinski definition) is 0. The Hall–Kier alpha value is -1.97. The fourth-order valence-electron chi connectivity index (χ4n) is 3.71. The summed E-state index contributed by atoms with van der Waals surface area (Å²) in [6, 6.07) is 21.3. The highest BCUT2D eigenvalue weighted by Gasteiger charge is 2.49. The lowest BCUT2D eigenvalue weighted by Gasteiger charge is -2.42. The van der Waals surface area contributed by atoms with Crippen molar-refractivity contribution in [3.63, 3.8) is 0 Å². The largest absolute Gasteiger partial charge is 0.404 e. The quantitative estimate of drug-likeness (QED) is 0.376. The van der Waals surface area contributed by atoms with Gasteiger partial charge < -0.3 is 9.22 Å². The topological polar surface area (TPSA) is 26.3 Å². The molecule has 0 spiro atoms. The minimum absolute atomic E-state index is 0.0203. The zero-order chi connectivity index (χ0) is 19.9. The zero-order valence-electron chi connectivity index (χ0n) is 17.2. The van der Waals surface area contributed by atoms with Gasteiger partial charge in [0.25, 0.3) is 8.32 Å².